The predicted octanol–water partition coefficient (Wildman–Crippen LogP) is 5.20. The maximum Gasteiger partial charge on any atom is 0.233 e. The van der Waals surface area contributed by atoms with Crippen LogP contribution in [0, 0.1) is 5.82 Å². The molecule has 1 amide bonds. The van der Waals surface area contributed by atoms with E-state index in [2.05, 4.69) is 29.0 Å². The third-order valence-electron chi connectivity index (χ3n) is 6.31. The molecular weight excluding hydrogens is 443 g/mol. The summed E-state index contributed by atoms with van der Waals surface area (Å²) in [6.07, 6.45) is 5.21. The number of anilines is 1. The molecule has 0 N–H and O–H groups in total. The molecule has 35 heavy (non-hydrogen) atoms. The second kappa shape index (κ2) is 9.02. The Hall–Kier alpha value is -3.94. The van der Waals surface area contributed by atoms with E-state index in [4.69, 9.17) is 4.98 Å². The number of rotatable bonds is 6. The minimum absolute atomic E-state index is 0.0309. The highest BCUT2D eigenvalue weighted by Gasteiger charge is 2.31. The summed E-state index contributed by atoms with van der Waals surface area (Å²) in [5, 5.41) is 8.28. The molecule has 0 bridgehead atoms. The number of nitrogens with zero attached hydrogens (tertiary/aromatic N) is 6. The molecule has 0 saturated carbocycles. The molecule has 0 aliphatic carbocycles. The van der Waals surface area contributed by atoms with Crippen molar-refractivity contribution in [3.63, 3.8) is 0 Å². The molecule has 7 nitrogen and oxygen atoms in total. The van der Waals surface area contributed by atoms with Crippen molar-refractivity contribution in [2.45, 2.75) is 52.5 Å². The molecule has 5 rings (SSSR count). The van der Waals surface area contributed by atoms with Gasteiger partial charge in [-0.15, -0.1) is 0 Å². The lowest BCUT2D eigenvalue weighted by Gasteiger charge is -2.21. The third kappa shape index (κ3) is 4.20. The summed E-state index contributed by atoms with van der Waals surface area (Å²) in [7, 11) is 0. The first-order valence-corrected chi connectivity index (χ1v) is 11.8. The van der Waals surface area contributed by atoms with E-state index in [0.717, 1.165) is 27.9 Å². The average Bonchev–Trinajstić information content (AvgIpc) is 3.47. The van der Waals surface area contributed by atoms with Crippen LogP contribution in [0.3, 0.4) is 0 Å². The van der Waals surface area contributed by atoms with E-state index in [1.54, 1.807) is 23.5 Å². The van der Waals surface area contributed by atoms with Gasteiger partial charge in [-0.3, -0.25) is 9.69 Å². The Morgan fingerprint density at radius 3 is 2.34 bits per heavy atom. The highest BCUT2D eigenvalue weighted by atomic mass is 19.1. The van der Waals surface area contributed by atoms with Crippen molar-refractivity contribution in [2.24, 2.45) is 0 Å². The predicted molar refractivity (Wildman–Crippen MR) is 132 cm³/mol. The molecule has 1 aliphatic heterocycles. The molecule has 0 unspecified atom stereocenters. The van der Waals surface area contributed by atoms with Crippen molar-refractivity contribution in [3.05, 3.63) is 83.1 Å². The molecule has 0 saturated heterocycles. The average molecular weight is 471 g/mol. The number of carbonyl (C=O) groups excluding carboxylic acids is 1. The molecule has 178 valence electrons. The maximum atomic E-state index is 14.9. The largest absolute Gasteiger partial charge is 0.292 e. The van der Waals surface area contributed by atoms with Gasteiger partial charge in [-0.2, -0.15) is 15.0 Å². The lowest BCUT2D eigenvalue weighted by molar-refractivity contribution is -0.117. The van der Waals surface area contributed by atoms with E-state index in [1.807, 2.05) is 44.2 Å². The van der Waals surface area contributed by atoms with Gasteiger partial charge in [-0.1, -0.05) is 45.9 Å². The van der Waals surface area contributed by atoms with E-state index in [0.29, 0.717) is 23.8 Å². The number of hydrogen-bond donors (Lipinski definition) is 0. The van der Waals surface area contributed by atoms with Gasteiger partial charge in [0.2, 0.25) is 5.91 Å². The summed E-state index contributed by atoms with van der Waals surface area (Å²) in [5.41, 5.74) is 4.91. The summed E-state index contributed by atoms with van der Waals surface area (Å²) in [4.78, 5) is 25.6. The van der Waals surface area contributed by atoms with Gasteiger partial charge in [0, 0.05) is 22.9 Å². The van der Waals surface area contributed by atoms with Gasteiger partial charge in [0.1, 0.15) is 11.6 Å². The lowest BCUT2D eigenvalue weighted by atomic mass is 9.87. The summed E-state index contributed by atoms with van der Waals surface area (Å²) in [5.74, 6) is 0.878. The van der Waals surface area contributed by atoms with Crippen LogP contribution in [0.5, 0.6) is 0 Å². The van der Waals surface area contributed by atoms with E-state index in [-0.39, 0.29) is 30.0 Å². The monoisotopic (exact) mass is 470 g/mol. The molecular formula is C27H27FN6O. The molecule has 2 aromatic carbocycles. The minimum atomic E-state index is -0.261. The SMILES string of the molecule is CC(C)c1ccc(F)c(C(C)C)c1-c1ncc2c(n1)N(Cc1ccc(-n3nccn3)cc1)C(=O)C2. The van der Waals surface area contributed by atoms with Gasteiger partial charge in [0.25, 0.3) is 0 Å². The van der Waals surface area contributed by atoms with Crippen LogP contribution < -0.4 is 4.90 Å². The Balaban J connectivity index is 1.53. The quantitative estimate of drug-likeness (QED) is 0.387. The maximum absolute atomic E-state index is 14.9. The molecule has 8 heteroatoms. The highest BCUT2D eigenvalue weighted by Crippen LogP contribution is 2.38. The molecule has 3 heterocycles. The Morgan fingerprint density at radius 1 is 0.971 bits per heavy atom. The lowest BCUT2D eigenvalue weighted by Crippen LogP contribution is -2.26. The van der Waals surface area contributed by atoms with Crippen molar-refractivity contribution in [1.82, 2.24) is 25.0 Å². The van der Waals surface area contributed by atoms with E-state index >= 15 is 0 Å². The van der Waals surface area contributed by atoms with Crippen LogP contribution in [0.15, 0.2) is 55.0 Å². The van der Waals surface area contributed by atoms with Crippen LogP contribution in [-0.2, 0) is 17.8 Å². The molecule has 0 atom stereocenters. The first-order valence-electron chi connectivity index (χ1n) is 11.8. The van der Waals surface area contributed by atoms with Crippen LogP contribution in [0.4, 0.5) is 10.2 Å². The first-order chi connectivity index (χ1) is 16.8. The highest BCUT2D eigenvalue weighted by molar-refractivity contribution is 6.00. The minimum Gasteiger partial charge on any atom is -0.292 e. The molecule has 0 fully saturated rings. The Kier molecular flexibility index (Phi) is 5.88. The van der Waals surface area contributed by atoms with Crippen LogP contribution in [0.1, 0.15) is 61.8 Å². The smallest absolute Gasteiger partial charge is 0.233 e. The van der Waals surface area contributed by atoms with E-state index < -0.39 is 0 Å². The van der Waals surface area contributed by atoms with Gasteiger partial charge >= 0.3 is 0 Å². The Morgan fingerprint density at radius 2 is 1.69 bits per heavy atom. The fraction of sp³-hybridized carbons (Fsp3) is 0.296. The zero-order chi connectivity index (χ0) is 24.7. The van der Waals surface area contributed by atoms with Gasteiger partial charge in [0.15, 0.2) is 5.82 Å². The van der Waals surface area contributed by atoms with Crippen molar-refractivity contribution < 1.29 is 9.18 Å². The molecule has 1 aliphatic rings. The van der Waals surface area contributed by atoms with Crippen LogP contribution in [0.2, 0.25) is 0 Å². The number of carbonyl (C=O) groups is 1. The van der Waals surface area contributed by atoms with Crippen molar-refractivity contribution in [2.75, 3.05) is 4.90 Å². The number of halogens is 1. The van der Waals surface area contributed by atoms with Gasteiger partial charge in [0.05, 0.1) is 31.0 Å². The zero-order valence-corrected chi connectivity index (χ0v) is 20.2. The summed E-state index contributed by atoms with van der Waals surface area (Å²) < 4.78 is 14.9. The topological polar surface area (TPSA) is 76.8 Å². The number of amides is 1. The normalized spacial score (nSPS) is 13.2. The van der Waals surface area contributed by atoms with Crippen LogP contribution in [0.25, 0.3) is 17.1 Å². The Bertz CT molecular complexity index is 1380. The van der Waals surface area contributed by atoms with Crippen LogP contribution >= 0.6 is 0 Å². The molecule has 0 spiro atoms. The van der Waals surface area contributed by atoms with E-state index in [1.165, 1.54) is 10.9 Å². The summed E-state index contributed by atoms with van der Waals surface area (Å²) >= 11 is 0. The van der Waals surface area contributed by atoms with Crippen LogP contribution in [-0.4, -0.2) is 30.9 Å². The standard InChI is InChI=1S/C27H27FN6O/c1-16(2)21-9-10-22(28)24(17(3)4)25(21)26-29-14-19-13-23(35)33(27(19)32-26)15-18-5-7-20(8-6-18)34-30-11-12-31-34/h5-12,14,16-17H,13,15H2,1-4H3. The second-order valence-corrected chi connectivity index (χ2v) is 9.42. The van der Waals surface area contributed by atoms with Crippen molar-refractivity contribution >= 4 is 11.7 Å². The molecule has 4 aromatic rings. The van der Waals surface area contributed by atoms with Gasteiger partial charge in [-0.05, 0) is 41.2 Å². The first kappa shape index (κ1) is 22.8. The number of benzene rings is 2. The summed E-state index contributed by atoms with van der Waals surface area (Å²) in [6.45, 7) is 8.47. The fourth-order valence-electron chi connectivity index (χ4n) is 4.59. The van der Waals surface area contributed by atoms with Gasteiger partial charge in [-0.25, -0.2) is 14.4 Å². The van der Waals surface area contributed by atoms with Crippen molar-refractivity contribution in [3.8, 4) is 17.1 Å². The zero-order valence-electron chi connectivity index (χ0n) is 20.2. The number of fused-ring (bicyclic) bond motifs is 1. The molecule has 0 radical (unpaired) electrons. The third-order valence-corrected chi connectivity index (χ3v) is 6.31. The van der Waals surface area contributed by atoms with E-state index in [9.17, 15) is 9.18 Å². The second-order valence-electron chi connectivity index (χ2n) is 9.42. The van der Waals surface area contributed by atoms with Crippen molar-refractivity contribution in [1.29, 1.82) is 0 Å². The summed E-state index contributed by atoms with van der Waals surface area (Å²) in [6, 6.07) is 11.1. The molecule has 2 aromatic heterocycles. The van der Waals surface area contributed by atoms with Gasteiger partial charge < -0.3 is 0 Å². The number of hydrogen-bond acceptors (Lipinski definition) is 5. The fourth-order valence-corrected chi connectivity index (χ4v) is 4.59. The Labute approximate surface area is 203 Å². The number of aromatic nitrogens is 5.